The predicted octanol–water partition coefficient (Wildman–Crippen LogP) is 3.86. The fourth-order valence-corrected chi connectivity index (χ4v) is 3.76. The zero-order chi connectivity index (χ0) is 21.2. The Morgan fingerprint density at radius 3 is 2.13 bits per heavy atom. The van der Waals surface area contributed by atoms with Crippen molar-refractivity contribution in [2.45, 2.75) is 19.3 Å². The van der Waals surface area contributed by atoms with E-state index >= 15 is 0 Å². The molecule has 164 valence electrons. The second-order valence-electron chi connectivity index (χ2n) is 7.63. The van der Waals surface area contributed by atoms with Gasteiger partial charge in [0.1, 0.15) is 18.2 Å². The van der Waals surface area contributed by atoms with Gasteiger partial charge in [0.2, 0.25) is 0 Å². The van der Waals surface area contributed by atoms with E-state index in [4.69, 9.17) is 14.2 Å². The Morgan fingerprint density at radius 1 is 0.800 bits per heavy atom. The van der Waals surface area contributed by atoms with E-state index in [1.165, 1.54) is 30.5 Å². The highest BCUT2D eigenvalue weighted by Crippen LogP contribution is 2.28. The van der Waals surface area contributed by atoms with Crippen LogP contribution in [-0.2, 0) is 6.42 Å². The van der Waals surface area contributed by atoms with Crippen LogP contribution in [0.15, 0.2) is 42.5 Å². The molecule has 0 saturated carbocycles. The number of halogens is 1. The molecule has 0 unspecified atom stereocenters. The minimum absolute atomic E-state index is 0.234. The van der Waals surface area contributed by atoms with E-state index < -0.39 is 0 Å². The largest absolute Gasteiger partial charge is 0.493 e. The number of rotatable bonds is 11. The lowest BCUT2D eigenvalue weighted by Gasteiger charge is -2.34. The second kappa shape index (κ2) is 11.8. The van der Waals surface area contributed by atoms with Gasteiger partial charge in [0.15, 0.2) is 11.5 Å². The van der Waals surface area contributed by atoms with E-state index in [0.29, 0.717) is 6.61 Å². The summed E-state index contributed by atoms with van der Waals surface area (Å²) >= 11 is 0. The lowest BCUT2D eigenvalue weighted by molar-refractivity contribution is 0.116. The van der Waals surface area contributed by atoms with Gasteiger partial charge in [0.05, 0.1) is 14.2 Å². The SMILES string of the molecule is COc1ccc(CCCCN2CCN(CCOc3ccc(F)cc3)CC2)cc1OC. The minimum Gasteiger partial charge on any atom is -0.493 e. The molecule has 1 aliphatic rings. The van der Waals surface area contributed by atoms with Gasteiger partial charge < -0.3 is 19.1 Å². The summed E-state index contributed by atoms with van der Waals surface area (Å²) < 4.78 is 29.3. The Labute approximate surface area is 179 Å². The molecule has 2 aromatic rings. The van der Waals surface area contributed by atoms with Crippen LogP contribution in [-0.4, -0.2) is 69.9 Å². The summed E-state index contributed by atoms with van der Waals surface area (Å²) in [6.07, 6.45) is 3.42. The van der Waals surface area contributed by atoms with Gasteiger partial charge >= 0.3 is 0 Å². The molecule has 0 aromatic heterocycles. The summed E-state index contributed by atoms with van der Waals surface area (Å²) in [5.74, 6) is 2.07. The number of aryl methyl sites for hydroxylation is 1. The number of piperazine rings is 1. The van der Waals surface area contributed by atoms with E-state index in [1.807, 2.05) is 6.07 Å². The normalized spacial score (nSPS) is 15.2. The fourth-order valence-electron chi connectivity index (χ4n) is 3.76. The Kier molecular flexibility index (Phi) is 8.78. The van der Waals surface area contributed by atoms with Crippen LogP contribution in [0, 0.1) is 5.82 Å². The van der Waals surface area contributed by atoms with Crippen LogP contribution in [0.3, 0.4) is 0 Å². The average Bonchev–Trinajstić information content (AvgIpc) is 2.79. The summed E-state index contributed by atoms with van der Waals surface area (Å²) in [5.41, 5.74) is 1.29. The fraction of sp³-hybridized carbons (Fsp3) is 0.500. The first-order valence-corrected chi connectivity index (χ1v) is 10.7. The number of hydrogen-bond donors (Lipinski definition) is 0. The van der Waals surface area contributed by atoms with Crippen LogP contribution < -0.4 is 14.2 Å². The van der Waals surface area contributed by atoms with Crippen molar-refractivity contribution in [3.8, 4) is 17.2 Å². The van der Waals surface area contributed by atoms with Gasteiger partial charge in [-0.25, -0.2) is 4.39 Å². The maximum Gasteiger partial charge on any atom is 0.160 e. The van der Waals surface area contributed by atoms with Crippen LogP contribution in [0.5, 0.6) is 17.2 Å². The van der Waals surface area contributed by atoms with Gasteiger partial charge in [0, 0.05) is 32.7 Å². The molecule has 3 rings (SSSR count). The highest BCUT2D eigenvalue weighted by molar-refractivity contribution is 5.42. The van der Waals surface area contributed by atoms with E-state index in [0.717, 1.165) is 62.9 Å². The summed E-state index contributed by atoms with van der Waals surface area (Å²) in [4.78, 5) is 4.98. The van der Waals surface area contributed by atoms with Crippen LogP contribution in [0.2, 0.25) is 0 Å². The number of benzene rings is 2. The molecule has 0 N–H and O–H groups in total. The van der Waals surface area contributed by atoms with Crippen LogP contribution in [0.25, 0.3) is 0 Å². The Balaban J connectivity index is 1.27. The topological polar surface area (TPSA) is 34.2 Å². The molecule has 2 aromatic carbocycles. The maximum absolute atomic E-state index is 12.9. The molecule has 0 spiro atoms. The molecule has 1 saturated heterocycles. The predicted molar refractivity (Wildman–Crippen MR) is 117 cm³/mol. The molecule has 5 nitrogen and oxygen atoms in total. The molecule has 1 fully saturated rings. The Hall–Kier alpha value is -2.31. The van der Waals surface area contributed by atoms with Crippen molar-refractivity contribution in [3.63, 3.8) is 0 Å². The zero-order valence-electron chi connectivity index (χ0n) is 18.1. The summed E-state index contributed by atoms with van der Waals surface area (Å²) in [5, 5.41) is 0. The third-order valence-corrected chi connectivity index (χ3v) is 5.59. The molecule has 0 radical (unpaired) electrons. The van der Waals surface area contributed by atoms with Crippen molar-refractivity contribution in [2.75, 3.05) is 60.1 Å². The lowest BCUT2D eigenvalue weighted by Crippen LogP contribution is -2.47. The van der Waals surface area contributed by atoms with Crippen molar-refractivity contribution in [1.29, 1.82) is 0 Å². The number of methoxy groups -OCH3 is 2. The number of unbranched alkanes of at least 4 members (excludes halogenated alkanes) is 1. The molecule has 0 bridgehead atoms. The quantitative estimate of drug-likeness (QED) is 0.520. The summed E-state index contributed by atoms with van der Waals surface area (Å²) in [7, 11) is 3.34. The van der Waals surface area contributed by atoms with E-state index in [1.54, 1.807) is 26.4 Å². The van der Waals surface area contributed by atoms with Crippen LogP contribution in [0.1, 0.15) is 18.4 Å². The summed E-state index contributed by atoms with van der Waals surface area (Å²) in [6.45, 7) is 7.04. The molecule has 30 heavy (non-hydrogen) atoms. The van der Waals surface area contributed by atoms with Crippen molar-refractivity contribution in [2.24, 2.45) is 0 Å². The van der Waals surface area contributed by atoms with E-state index in [-0.39, 0.29) is 5.82 Å². The van der Waals surface area contributed by atoms with Crippen molar-refractivity contribution < 1.29 is 18.6 Å². The van der Waals surface area contributed by atoms with E-state index in [2.05, 4.69) is 21.9 Å². The first-order valence-electron chi connectivity index (χ1n) is 10.7. The monoisotopic (exact) mass is 416 g/mol. The molecular weight excluding hydrogens is 383 g/mol. The van der Waals surface area contributed by atoms with Crippen molar-refractivity contribution in [1.82, 2.24) is 9.80 Å². The third-order valence-electron chi connectivity index (χ3n) is 5.59. The Bertz CT molecular complexity index is 762. The molecule has 1 aliphatic heterocycles. The average molecular weight is 417 g/mol. The number of nitrogens with zero attached hydrogens (tertiary/aromatic N) is 2. The standard InChI is InChI=1S/C24H33FN2O3/c1-28-23-11-6-20(19-24(23)29-2)5-3-4-12-26-13-15-27(16-14-26)17-18-30-22-9-7-21(25)8-10-22/h6-11,19H,3-5,12-18H2,1-2H3. The highest BCUT2D eigenvalue weighted by atomic mass is 19.1. The smallest absolute Gasteiger partial charge is 0.160 e. The third kappa shape index (κ3) is 6.89. The Morgan fingerprint density at radius 2 is 1.47 bits per heavy atom. The molecule has 0 atom stereocenters. The molecule has 0 amide bonds. The lowest BCUT2D eigenvalue weighted by atomic mass is 10.1. The molecule has 0 aliphatic carbocycles. The maximum atomic E-state index is 12.9. The second-order valence-corrected chi connectivity index (χ2v) is 7.63. The van der Waals surface area contributed by atoms with Crippen LogP contribution >= 0.6 is 0 Å². The van der Waals surface area contributed by atoms with Gasteiger partial charge in [-0.05, 0) is 67.8 Å². The van der Waals surface area contributed by atoms with E-state index in [9.17, 15) is 4.39 Å². The first kappa shape index (κ1) is 22.4. The molecule has 1 heterocycles. The first-order chi connectivity index (χ1) is 14.7. The number of ether oxygens (including phenoxy) is 3. The highest BCUT2D eigenvalue weighted by Gasteiger charge is 2.16. The van der Waals surface area contributed by atoms with Crippen molar-refractivity contribution in [3.05, 3.63) is 53.8 Å². The van der Waals surface area contributed by atoms with Gasteiger partial charge in [-0.3, -0.25) is 4.90 Å². The van der Waals surface area contributed by atoms with Crippen LogP contribution in [0.4, 0.5) is 4.39 Å². The van der Waals surface area contributed by atoms with Gasteiger partial charge in [-0.1, -0.05) is 6.07 Å². The molecule has 6 heteroatoms. The van der Waals surface area contributed by atoms with Crippen molar-refractivity contribution >= 4 is 0 Å². The summed E-state index contributed by atoms with van der Waals surface area (Å²) in [6, 6.07) is 12.4. The minimum atomic E-state index is -0.234. The number of hydrogen-bond acceptors (Lipinski definition) is 5. The van der Waals surface area contributed by atoms with Gasteiger partial charge in [-0.15, -0.1) is 0 Å². The van der Waals surface area contributed by atoms with Gasteiger partial charge in [0.25, 0.3) is 0 Å². The zero-order valence-corrected chi connectivity index (χ0v) is 18.1. The van der Waals surface area contributed by atoms with Gasteiger partial charge in [-0.2, -0.15) is 0 Å². The molecular formula is C24H33FN2O3.